The molecule has 1 aromatic rings. The number of hydrogen-bond donors (Lipinski definition) is 2. The summed E-state index contributed by atoms with van der Waals surface area (Å²) in [6.07, 6.45) is 1.20. The number of anilines is 1. The number of rotatable bonds is 6. The van der Waals surface area contributed by atoms with Gasteiger partial charge in [0.1, 0.15) is 5.82 Å². The Morgan fingerprint density at radius 3 is 2.76 bits per heavy atom. The van der Waals surface area contributed by atoms with Crippen molar-refractivity contribution < 1.29 is 18.3 Å². The Bertz CT molecular complexity index is 474. The molecule has 0 aliphatic heterocycles. The van der Waals surface area contributed by atoms with Crippen LogP contribution in [0.25, 0.3) is 0 Å². The molecule has 0 aliphatic carbocycles. The summed E-state index contributed by atoms with van der Waals surface area (Å²) in [7, 11) is -2.45. The third-order valence-electron chi connectivity index (χ3n) is 1.95. The molecule has 1 rings (SSSR count). The van der Waals surface area contributed by atoms with Crippen LogP contribution in [0.4, 0.5) is 5.82 Å². The van der Waals surface area contributed by atoms with E-state index in [4.69, 9.17) is 5.11 Å². The Hall–Kier alpha value is -1.67. The third kappa shape index (κ3) is 4.37. The van der Waals surface area contributed by atoms with Crippen molar-refractivity contribution >= 4 is 22.0 Å². The molecule has 17 heavy (non-hydrogen) atoms. The zero-order chi connectivity index (χ0) is 12.9. The highest BCUT2D eigenvalue weighted by molar-refractivity contribution is 7.90. The van der Waals surface area contributed by atoms with Crippen LogP contribution in [0.2, 0.25) is 0 Å². The first-order valence-electron chi connectivity index (χ1n) is 4.79. The van der Waals surface area contributed by atoms with Crippen LogP contribution in [-0.2, 0) is 15.0 Å². The molecule has 2 N–H and O–H groups in total. The van der Waals surface area contributed by atoms with Gasteiger partial charge in [0, 0.05) is 19.8 Å². The van der Waals surface area contributed by atoms with E-state index >= 15 is 0 Å². The number of aromatic nitrogens is 1. The van der Waals surface area contributed by atoms with E-state index in [0.717, 1.165) is 4.31 Å². The lowest BCUT2D eigenvalue weighted by molar-refractivity contribution is -0.137. The number of aliphatic carboxylic acids is 1. The fourth-order valence-corrected chi connectivity index (χ4v) is 1.88. The van der Waals surface area contributed by atoms with Gasteiger partial charge in [0.2, 0.25) is 0 Å². The molecular formula is C9H13N3O4S. The van der Waals surface area contributed by atoms with Crippen LogP contribution >= 0.6 is 0 Å². The average molecular weight is 259 g/mol. The zero-order valence-electron chi connectivity index (χ0n) is 9.20. The van der Waals surface area contributed by atoms with Gasteiger partial charge in [-0.25, -0.2) is 4.98 Å². The van der Waals surface area contributed by atoms with E-state index in [-0.39, 0.29) is 18.8 Å². The Kier molecular flexibility index (Phi) is 4.41. The molecule has 0 aliphatic rings. The standard InChI is InChI=1S/C9H13N3O4S/c1-12(7-5-9(13)14)17(15,16)11-8-4-2-3-6-10-8/h2-4,6H,5,7H2,1H3,(H,10,11)(H,13,14). The molecule has 8 heteroatoms. The van der Waals surface area contributed by atoms with Gasteiger partial charge in [-0.1, -0.05) is 6.07 Å². The van der Waals surface area contributed by atoms with Crippen LogP contribution in [0.15, 0.2) is 24.4 Å². The van der Waals surface area contributed by atoms with Gasteiger partial charge >= 0.3 is 16.2 Å². The topological polar surface area (TPSA) is 99.6 Å². The monoisotopic (exact) mass is 259 g/mol. The van der Waals surface area contributed by atoms with Gasteiger partial charge in [-0.05, 0) is 12.1 Å². The molecule has 94 valence electrons. The summed E-state index contributed by atoms with van der Waals surface area (Å²) in [6.45, 7) is -0.0997. The molecule has 0 radical (unpaired) electrons. The Morgan fingerprint density at radius 1 is 1.53 bits per heavy atom. The van der Waals surface area contributed by atoms with Crippen molar-refractivity contribution in [3.05, 3.63) is 24.4 Å². The molecule has 0 unspecified atom stereocenters. The van der Waals surface area contributed by atoms with Crippen molar-refractivity contribution in [2.24, 2.45) is 0 Å². The summed E-state index contributed by atoms with van der Waals surface area (Å²) >= 11 is 0. The van der Waals surface area contributed by atoms with E-state index in [2.05, 4.69) is 9.71 Å². The Labute approximate surface area is 99.3 Å². The second kappa shape index (κ2) is 5.60. The van der Waals surface area contributed by atoms with Crippen molar-refractivity contribution in [2.75, 3.05) is 18.3 Å². The van der Waals surface area contributed by atoms with E-state index in [0.29, 0.717) is 0 Å². The highest BCUT2D eigenvalue weighted by atomic mass is 32.2. The maximum atomic E-state index is 11.7. The minimum atomic E-state index is -3.75. The van der Waals surface area contributed by atoms with Crippen LogP contribution in [0.1, 0.15) is 6.42 Å². The smallest absolute Gasteiger partial charge is 0.304 e. The summed E-state index contributed by atoms with van der Waals surface area (Å²) in [4.78, 5) is 14.1. The number of carboxylic acids is 1. The summed E-state index contributed by atoms with van der Waals surface area (Å²) < 4.78 is 26.6. The molecule has 1 heterocycles. The third-order valence-corrected chi connectivity index (χ3v) is 3.42. The molecular weight excluding hydrogens is 246 g/mol. The van der Waals surface area contributed by atoms with Gasteiger partial charge in [0.15, 0.2) is 0 Å². The van der Waals surface area contributed by atoms with Crippen molar-refractivity contribution in [1.82, 2.24) is 9.29 Å². The predicted molar refractivity (Wildman–Crippen MR) is 61.7 cm³/mol. The Morgan fingerprint density at radius 2 is 2.24 bits per heavy atom. The van der Waals surface area contributed by atoms with Gasteiger partial charge in [-0.15, -0.1) is 0 Å². The summed E-state index contributed by atoms with van der Waals surface area (Å²) in [5.41, 5.74) is 0. The lowest BCUT2D eigenvalue weighted by Crippen LogP contribution is -2.34. The van der Waals surface area contributed by atoms with E-state index in [1.807, 2.05) is 0 Å². The molecule has 0 bridgehead atoms. The summed E-state index contributed by atoms with van der Waals surface area (Å²) in [5, 5.41) is 8.46. The molecule has 0 aromatic carbocycles. The van der Waals surface area contributed by atoms with Gasteiger partial charge < -0.3 is 5.11 Å². The second-order valence-electron chi connectivity index (χ2n) is 3.29. The SMILES string of the molecule is CN(CCC(=O)O)S(=O)(=O)Nc1ccccn1. The highest BCUT2D eigenvalue weighted by Crippen LogP contribution is 2.06. The van der Waals surface area contributed by atoms with E-state index in [9.17, 15) is 13.2 Å². The van der Waals surface area contributed by atoms with Crippen LogP contribution in [-0.4, -0.2) is 42.4 Å². The number of pyridine rings is 1. The predicted octanol–water partition coefficient (Wildman–Crippen LogP) is 0.145. The fraction of sp³-hybridized carbons (Fsp3) is 0.333. The first kappa shape index (κ1) is 13.4. The lowest BCUT2D eigenvalue weighted by atomic mass is 10.4. The average Bonchev–Trinajstić information content (AvgIpc) is 2.26. The fourth-order valence-electron chi connectivity index (χ4n) is 1.01. The molecule has 1 aromatic heterocycles. The quantitative estimate of drug-likeness (QED) is 0.757. The maximum absolute atomic E-state index is 11.7. The largest absolute Gasteiger partial charge is 0.481 e. The second-order valence-corrected chi connectivity index (χ2v) is 5.06. The summed E-state index contributed by atoms with van der Waals surface area (Å²) in [5.74, 6) is -0.862. The number of hydrogen-bond acceptors (Lipinski definition) is 4. The molecule has 0 amide bonds. The van der Waals surface area contributed by atoms with Crippen molar-refractivity contribution in [3.8, 4) is 0 Å². The van der Waals surface area contributed by atoms with E-state index in [1.54, 1.807) is 12.1 Å². The van der Waals surface area contributed by atoms with Gasteiger partial charge in [0.05, 0.1) is 6.42 Å². The number of carbonyl (C=O) groups is 1. The van der Waals surface area contributed by atoms with Crippen LogP contribution < -0.4 is 4.72 Å². The van der Waals surface area contributed by atoms with Crippen LogP contribution in [0, 0.1) is 0 Å². The summed E-state index contributed by atoms with van der Waals surface area (Å²) in [6, 6.07) is 4.80. The minimum absolute atomic E-state index is 0.0997. The van der Waals surface area contributed by atoms with Gasteiger partial charge in [-0.2, -0.15) is 12.7 Å². The van der Waals surface area contributed by atoms with Gasteiger partial charge in [-0.3, -0.25) is 9.52 Å². The Balaban J connectivity index is 2.65. The lowest BCUT2D eigenvalue weighted by Gasteiger charge is -2.16. The first-order chi connectivity index (χ1) is 7.92. The molecule has 0 fully saturated rings. The first-order valence-corrected chi connectivity index (χ1v) is 6.23. The highest BCUT2D eigenvalue weighted by Gasteiger charge is 2.18. The zero-order valence-corrected chi connectivity index (χ0v) is 10.0. The normalized spacial score (nSPS) is 11.4. The van der Waals surface area contributed by atoms with Crippen molar-refractivity contribution in [1.29, 1.82) is 0 Å². The van der Waals surface area contributed by atoms with Gasteiger partial charge in [0.25, 0.3) is 0 Å². The van der Waals surface area contributed by atoms with E-state index < -0.39 is 16.2 Å². The molecule has 0 spiro atoms. The number of nitrogens with one attached hydrogen (secondary N) is 1. The molecule has 0 atom stereocenters. The van der Waals surface area contributed by atoms with Crippen molar-refractivity contribution in [2.45, 2.75) is 6.42 Å². The maximum Gasteiger partial charge on any atom is 0.304 e. The van der Waals surface area contributed by atoms with Crippen molar-refractivity contribution in [3.63, 3.8) is 0 Å². The number of carboxylic acid groups (broad SMARTS) is 1. The minimum Gasteiger partial charge on any atom is -0.481 e. The van der Waals surface area contributed by atoms with Crippen LogP contribution in [0.3, 0.4) is 0 Å². The van der Waals surface area contributed by atoms with E-state index in [1.165, 1.54) is 19.3 Å². The molecule has 7 nitrogen and oxygen atoms in total. The number of nitrogens with zero attached hydrogens (tertiary/aromatic N) is 2. The molecule has 0 saturated carbocycles. The van der Waals surface area contributed by atoms with Crippen LogP contribution in [0.5, 0.6) is 0 Å². The molecule has 0 saturated heterocycles.